The zero-order valence-electron chi connectivity index (χ0n) is 12.5. The van der Waals surface area contributed by atoms with Gasteiger partial charge in [0.25, 0.3) is 0 Å². The number of esters is 1. The molecule has 0 aliphatic carbocycles. The number of hydrogen-bond acceptors (Lipinski definition) is 5. The minimum absolute atomic E-state index is 0.0115. The van der Waals surface area contributed by atoms with Crippen LogP contribution in [0.4, 0.5) is 0 Å². The zero-order valence-corrected chi connectivity index (χ0v) is 13.3. The van der Waals surface area contributed by atoms with Gasteiger partial charge in [-0.25, -0.2) is 17.9 Å². The minimum Gasteiger partial charge on any atom is -0.461 e. The summed E-state index contributed by atoms with van der Waals surface area (Å²) in [5, 5.41) is 8.70. The van der Waals surface area contributed by atoms with E-state index in [1.165, 1.54) is 6.92 Å². The molecule has 0 saturated heterocycles. The number of sulfonamides is 1. The third-order valence-corrected chi connectivity index (χ3v) is 4.61. The van der Waals surface area contributed by atoms with Gasteiger partial charge >= 0.3 is 5.97 Å². The predicted octanol–water partition coefficient (Wildman–Crippen LogP) is 1.25. The first-order valence-electron chi connectivity index (χ1n) is 6.50. The van der Waals surface area contributed by atoms with Crippen LogP contribution in [0.5, 0.6) is 0 Å². The molecule has 0 aliphatic heterocycles. The lowest BCUT2D eigenvalue weighted by Crippen LogP contribution is -2.28. The van der Waals surface area contributed by atoms with Crippen molar-refractivity contribution in [3.8, 4) is 6.07 Å². The van der Waals surface area contributed by atoms with Crippen LogP contribution in [0.25, 0.3) is 0 Å². The van der Waals surface area contributed by atoms with Gasteiger partial charge in [-0.15, -0.1) is 0 Å². The molecule has 1 aromatic rings. The fraction of sp³-hybridized carbons (Fsp3) is 0.538. The molecule has 0 radical (unpaired) electrons. The Bertz CT molecular complexity index is 670. The van der Waals surface area contributed by atoms with E-state index < -0.39 is 21.9 Å². The van der Waals surface area contributed by atoms with Crippen LogP contribution >= 0.6 is 0 Å². The van der Waals surface area contributed by atoms with Crippen molar-refractivity contribution in [3.05, 3.63) is 17.0 Å². The molecule has 1 rings (SSSR count). The summed E-state index contributed by atoms with van der Waals surface area (Å²) in [6.07, 6.45) is 0. The summed E-state index contributed by atoms with van der Waals surface area (Å²) < 4.78 is 31.8. The number of nitrogens with zero attached hydrogens (tertiary/aromatic N) is 1. The Morgan fingerprint density at radius 2 is 2.10 bits per heavy atom. The smallest absolute Gasteiger partial charge is 0.355 e. The molecule has 1 atom stereocenters. The van der Waals surface area contributed by atoms with Crippen molar-refractivity contribution in [1.29, 1.82) is 5.26 Å². The third kappa shape index (κ3) is 3.83. The number of hydrogen-bond donors (Lipinski definition) is 2. The maximum Gasteiger partial charge on any atom is 0.355 e. The van der Waals surface area contributed by atoms with E-state index in [0.717, 1.165) is 0 Å². The Balaban J connectivity index is 3.14. The fourth-order valence-electron chi connectivity index (χ4n) is 1.90. The SMILES string of the molecule is CCOC(=O)c1[nH]c(C)c(S(=O)(=O)NCC(C)C#N)c1C. The molecule has 8 heteroatoms. The van der Waals surface area contributed by atoms with E-state index in [2.05, 4.69) is 9.71 Å². The summed E-state index contributed by atoms with van der Waals surface area (Å²) in [4.78, 5) is 14.5. The normalized spacial score (nSPS) is 12.7. The Morgan fingerprint density at radius 3 is 2.62 bits per heavy atom. The molecule has 0 amide bonds. The lowest BCUT2D eigenvalue weighted by Gasteiger charge is -2.08. The van der Waals surface area contributed by atoms with E-state index in [-0.39, 0.29) is 23.7 Å². The van der Waals surface area contributed by atoms with E-state index in [1.54, 1.807) is 20.8 Å². The Kier molecular flexibility index (Phi) is 5.52. The molecule has 1 unspecified atom stereocenters. The summed E-state index contributed by atoms with van der Waals surface area (Å²) in [6.45, 7) is 6.61. The Labute approximate surface area is 124 Å². The molecule has 1 aromatic heterocycles. The number of carbonyl (C=O) groups is 1. The number of ether oxygens (including phenoxy) is 1. The van der Waals surface area contributed by atoms with Crippen molar-refractivity contribution in [3.63, 3.8) is 0 Å². The monoisotopic (exact) mass is 313 g/mol. The van der Waals surface area contributed by atoms with Gasteiger partial charge in [0.05, 0.1) is 18.6 Å². The van der Waals surface area contributed by atoms with E-state index in [1.807, 2.05) is 6.07 Å². The molecule has 0 saturated carbocycles. The van der Waals surface area contributed by atoms with E-state index >= 15 is 0 Å². The molecule has 1 heterocycles. The highest BCUT2D eigenvalue weighted by atomic mass is 32.2. The largest absolute Gasteiger partial charge is 0.461 e. The first-order chi connectivity index (χ1) is 9.74. The minimum atomic E-state index is -3.79. The molecule has 0 aliphatic rings. The van der Waals surface area contributed by atoms with Gasteiger partial charge in [-0.3, -0.25) is 0 Å². The van der Waals surface area contributed by atoms with Crippen molar-refractivity contribution in [1.82, 2.24) is 9.71 Å². The number of carbonyl (C=O) groups excluding carboxylic acids is 1. The highest BCUT2D eigenvalue weighted by molar-refractivity contribution is 7.89. The van der Waals surface area contributed by atoms with Gasteiger partial charge in [0.1, 0.15) is 10.6 Å². The summed E-state index contributed by atoms with van der Waals surface area (Å²) in [5.74, 6) is -1.03. The van der Waals surface area contributed by atoms with Crippen LogP contribution in [0.3, 0.4) is 0 Å². The van der Waals surface area contributed by atoms with Gasteiger partial charge < -0.3 is 9.72 Å². The van der Waals surface area contributed by atoms with Crippen LogP contribution in [0.2, 0.25) is 0 Å². The van der Waals surface area contributed by atoms with Crippen molar-refractivity contribution >= 4 is 16.0 Å². The first-order valence-corrected chi connectivity index (χ1v) is 7.98. The number of rotatable bonds is 6. The number of nitriles is 1. The Morgan fingerprint density at radius 1 is 1.48 bits per heavy atom. The van der Waals surface area contributed by atoms with Crippen LogP contribution in [-0.2, 0) is 14.8 Å². The highest BCUT2D eigenvalue weighted by Gasteiger charge is 2.27. The second-order valence-corrected chi connectivity index (χ2v) is 6.39. The Hall–Kier alpha value is -1.85. The molecule has 0 spiro atoms. The highest BCUT2D eigenvalue weighted by Crippen LogP contribution is 2.23. The molecule has 0 bridgehead atoms. The fourth-order valence-corrected chi connectivity index (χ4v) is 3.47. The molecule has 116 valence electrons. The number of aromatic nitrogens is 1. The molecule has 21 heavy (non-hydrogen) atoms. The van der Waals surface area contributed by atoms with Gasteiger partial charge in [0.2, 0.25) is 10.0 Å². The van der Waals surface area contributed by atoms with Crippen molar-refractivity contribution in [2.75, 3.05) is 13.2 Å². The number of nitrogens with one attached hydrogen (secondary N) is 2. The van der Waals surface area contributed by atoms with Crippen LogP contribution in [0, 0.1) is 31.1 Å². The summed E-state index contributed by atoms with van der Waals surface area (Å²) in [6, 6.07) is 1.95. The van der Waals surface area contributed by atoms with Crippen LogP contribution in [0.15, 0.2) is 4.90 Å². The molecule has 2 N–H and O–H groups in total. The first kappa shape index (κ1) is 17.2. The molecular weight excluding hydrogens is 294 g/mol. The van der Waals surface area contributed by atoms with Crippen molar-refractivity contribution < 1.29 is 17.9 Å². The standard InChI is InChI=1S/C13H19N3O4S/c1-5-20-13(17)11-9(3)12(10(4)16-11)21(18,19)15-7-8(2)6-14/h8,15-16H,5,7H2,1-4H3. The quantitative estimate of drug-likeness (QED) is 0.767. The van der Waals surface area contributed by atoms with Gasteiger partial charge in [0.15, 0.2) is 0 Å². The number of aromatic amines is 1. The van der Waals surface area contributed by atoms with E-state index in [0.29, 0.717) is 11.3 Å². The van der Waals surface area contributed by atoms with Gasteiger partial charge in [0, 0.05) is 17.8 Å². The lowest BCUT2D eigenvalue weighted by atomic mass is 10.2. The second kappa shape index (κ2) is 6.74. The van der Waals surface area contributed by atoms with Gasteiger partial charge in [-0.05, 0) is 27.7 Å². The maximum atomic E-state index is 12.3. The average Bonchev–Trinajstić information content (AvgIpc) is 2.72. The lowest BCUT2D eigenvalue weighted by molar-refractivity contribution is 0.0519. The van der Waals surface area contributed by atoms with Gasteiger partial charge in [-0.2, -0.15) is 5.26 Å². The van der Waals surface area contributed by atoms with Crippen molar-refractivity contribution in [2.45, 2.75) is 32.6 Å². The maximum absolute atomic E-state index is 12.3. The molecule has 0 fully saturated rings. The van der Waals surface area contributed by atoms with Crippen LogP contribution < -0.4 is 4.72 Å². The van der Waals surface area contributed by atoms with Crippen LogP contribution in [-0.4, -0.2) is 32.5 Å². The predicted molar refractivity (Wildman–Crippen MR) is 76.2 cm³/mol. The average molecular weight is 313 g/mol. The van der Waals surface area contributed by atoms with Crippen LogP contribution in [0.1, 0.15) is 35.6 Å². The second-order valence-electron chi connectivity index (χ2n) is 4.68. The zero-order chi connectivity index (χ0) is 16.2. The van der Waals surface area contributed by atoms with E-state index in [4.69, 9.17) is 10.00 Å². The van der Waals surface area contributed by atoms with Gasteiger partial charge in [-0.1, -0.05) is 0 Å². The van der Waals surface area contributed by atoms with E-state index in [9.17, 15) is 13.2 Å². The number of aryl methyl sites for hydroxylation is 1. The third-order valence-electron chi connectivity index (χ3n) is 2.92. The molecule has 0 aromatic carbocycles. The summed E-state index contributed by atoms with van der Waals surface area (Å²) in [5.41, 5.74) is 0.791. The topological polar surface area (TPSA) is 112 Å². The van der Waals surface area contributed by atoms with Crippen molar-refractivity contribution in [2.24, 2.45) is 5.92 Å². The summed E-state index contributed by atoms with van der Waals surface area (Å²) >= 11 is 0. The molecule has 7 nitrogen and oxygen atoms in total. The summed E-state index contributed by atoms with van der Waals surface area (Å²) in [7, 11) is -3.79. The molecular formula is C13H19N3O4S. The number of H-pyrrole nitrogens is 1.